The van der Waals surface area contributed by atoms with Gasteiger partial charge in [0.15, 0.2) is 0 Å². The van der Waals surface area contributed by atoms with Crippen molar-refractivity contribution in [2.75, 3.05) is 0 Å². The zero-order valence-electron chi connectivity index (χ0n) is 12.4. The maximum Gasteiger partial charge on any atom is 0.240 e. The number of hydrogen-bond acceptors (Lipinski definition) is 3. The topological polar surface area (TPSA) is 72.2 Å². The molecule has 0 amide bonds. The second kappa shape index (κ2) is 7.29. The van der Waals surface area contributed by atoms with Crippen LogP contribution in [0.4, 0.5) is 4.39 Å². The van der Waals surface area contributed by atoms with E-state index in [0.717, 1.165) is 18.9 Å². The van der Waals surface area contributed by atoms with E-state index in [1.807, 2.05) is 20.8 Å². The molecule has 1 atom stereocenters. The van der Waals surface area contributed by atoms with Crippen molar-refractivity contribution in [3.8, 4) is 0 Å². The molecule has 0 spiro atoms. The summed E-state index contributed by atoms with van der Waals surface area (Å²) in [5.41, 5.74) is 5.33. The van der Waals surface area contributed by atoms with E-state index in [1.54, 1.807) is 0 Å². The minimum Gasteiger partial charge on any atom is -0.389 e. The summed E-state index contributed by atoms with van der Waals surface area (Å²) >= 11 is 4.72. The highest BCUT2D eigenvalue weighted by molar-refractivity contribution is 7.89. The number of nitrogens with one attached hydrogen (secondary N) is 1. The quantitative estimate of drug-likeness (QED) is 0.753. The van der Waals surface area contributed by atoms with E-state index in [1.165, 1.54) is 12.1 Å². The van der Waals surface area contributed by atoms with Gasteiger partial charge in [0.05, 0.1) is 4.90 Å². The van der Waals surface area contributed by atoms with Crippen LogP contribution in [0.2, 0.25) is 0 Å². The molecule has 21 heavy (non-hydrogen) atoms. The van der Waals surface area contributed by atoms with Gasteiger partial charge in [-0.3, -0.25) is 0 Å². The van der Waals surface area contributed by atoms with Crippen molar-refractivity contribution in [3.63, 3.8) is 0 Å². The van der Waals surface area contributed by atoms with Crippen LogP contribution in [0.15, 0.2) is 23.1 Å². The third-order valence-corrected chi connectivity index (χ3v) is 5.39. The molecular weight excluding hydrogens is 311 g/mol. The number of rotatable bonds is 7. The zero-order valence-corrected chi connectivity index (χ0v) is 14.0. The molecule has 1 rings (SSSR count). The first-order valence-corrected chi connectivity index (χ1v) is 8.73. The Kier molecular flexibility index (Phi) is 6.24. The van der Waals surface area contributed by atoms with Crippen molar-refractivity contribution in [2.45, 2.75) is 44.6 Å². The summed E-state index contributed by atoms with van der Waals surface area (Å²) in [7, 11) is -3.73. The third kappa shape index (κ3) is 4.46. The van der Waals surface area contributed by atoms with Gasteiger partial charge in [-0.1, -0.05) is 38.9 Å². The van der Waals surface area contributed by atoms with Gasteiger partial charge in [-0.15, -0.1) is 0 Å². The van der Waals surface area contributed by atoms with Gasteiger partial charge in [0.2, 0.25) is 10.0 Å². The molecule has 0 aliphatic rings. The van der Waals surface area contributed by atoms with Gasteiger partial charge >= 0.3 is 0 Å². The molecule has 0 aromatic heterocycles. The molecule has 0 bridgehead atoms. The molecule has 1 unspecified atom stereocenters. The van der Waals surface area contributed by atoms with E-state index >= 15 is 0 Å². The van der Waals surface area contributed by atoms with Crippen LogP contribution >= 0.6 is 12.2 Å². The Labute approximate surface area is 131 Å². The first kappa shape index (κ1) is 18.0. The summed E-state index contributed by atoms with van der Waals surface area (Å²) < 4.78 is 40.8. The van der Waals surface area contributed by atoms with E-state index < -0.39 is 15.8 Å². The lowest BCUT2D eigenvalue weighted by molar-refractivity contribution is 0.390. The number of thiocarbonyl (C=S) groups is 1. The fourth-order valence-corrected chi connectivity index (χ4v) is 3.76. The smallest absolute Gasteiger partial charge is 0.240 e. The fraction of sp³-hybridized carbons (Fsp3) is 0.500. The van der Waals surface area contributed by atoms with Crippen LogP contribution < -0.4 is 10.5 Å². The Bertz CT molecular complexity index is 613. The second-order valence-corrected chi connectivity index (χ2v) is 7.15. The molecular formula is C14H21FN2O2S2. The fourth-order valence-electron chi connectivity index (χ4n) is 2.27. The molecule has 4 nitrogen and oxygen atoms in total. The predicted octanol–water partition coefficient (Wildman–Crippen LogP) is 2.56. The standard InChI is InChI=1S/C14H21FN2O2S2/c1-4-10(5-2)9(3)17-21(18,19)11-6-7-13(15)12(8-11)14(16)20/h6-10,17H,4-5H2,1-3H3,(H2,16,20). The van der Waals surface area contributed by atoms with Gasteiger partial charge < -0.3 is 5.73 Å². The monoisotopic (exact) mass is 332 g/mol. The molecule has 0 radical (unpaired) electrons. The largest absolute Gasteiger partial charge is 0.389 e. The Balaban J connectivity index is 3.09. The summed E-state index contributed by atoms with van der Waals surface area (Å²) in [6.45, 7) is 5.86. The number of halogens is 1. The van der Waals surface area contributed by atoms with Crippen LogP contribution in [0.1, 0.15) is 39.2 Å². The van der Waals surface area contributed by atoms with Gasteiger partial charge in [-0.25, -0.2) is 17.5 Å². The summed E-state index contributed by atoms with van der Waals surface area (Å²) in [6, 6.07) is 3.23. The predicted molar refractivity (Wildman–Crippen MR) is 86.1 cm³/mol. The van der Waals surface area contributed by atoms with Gasteiger partial charge in [0.25, 0.3) is 0 Å². The highest BCUT2D eigenvalue weighted by atomic mass is 32.2. The molecule has 0 fully saturated rings. The Morgan fingerprint density at radius 3 is 2.43 bits per heavy atom. The van der Waals surface area contributed by atoms with Crippen molar-refractivity contribution < 1.29 is 12.8 Å². The van der Waals surface area contributed by atoms with E-state index in [0.29, 0.717) is 0 Å². The van der Waals surface area contributed by atoms with Crippen molar-refractivity contribution >= 4 is 27.2 Å². The SMILES string of the molecule is CCC(CC)C(C)NS(=O)(=O)c1ccc(F)c(C(N)=S)c1. The minimum absolute atomic E-state index is 0.0375. The van der Waals surface area contributed by atoms with E-state index in [2.05, 4.69) is 4.72 Å². The lowest BCUT2D eigenvalue weighted by Gasteiger charge is -2.22. The van der Waals surface area contributed by atoms with Gasteiger partial charge in [0.1, 0.15) is 10.8 Å². The number of sulfonamides is 1. The van der Waals surface area contributed by atoms with E-state index in [4.69, 9.17) is 18.0 Å². The van der Waals surface area contributed by atoms with Crippen LogP contribution in [0.3, 0.4) is 0 Å². The molecule has 3 N–H and O–H groups in total. The zero-order chi connectivity index (χ0) is 16.2. The first-order chi connectivity index (χ1) is 9.72. The van der Waals surface area contributed by atoms with Crippen molar-refractivity contribution in [1.29, 1.82) is 0 Å². The maximum atomic E-state index is 13.5. The highest BCUT2D eigenvalue weighted by Gasteiger charge is 2.23. The van der Waals surface area contributed by atoms with Gasteiger partial charge in [0, 0.05) is 11.6 Å². The normalized spacial score (nSPS) is 13.4. The van der Waals surface area contributed by atoms with Crippen LogP contribution in [-0.2, 0) is 10.0 Å². The summed E-state index contributed by atoms with van der Waals surface area (Å²) in [5.74, 6) is -0.384. The molecule has 0 aliphatic heterocycles. The minimum atomic E-state index is -3.73. The average Bonchev–Trinajstić information content (AvgIpc) is 2.39. The number of nitrogens with two attached hydrogens (primary N) is 1. The molecule has 0 heterocycles. The molecule has 1 aromatic carbocycles. The first-order valence-electron chi connectivity index (χ1n) is 6.84. The van der Waals surface area contributed by atoms with Crippen molar-refractivity contribution in [1.82, 2.24) is 4.72 Å². The van der Waals surface area contributed by atoms with Crippen molar-refractivity contribution in [3.05, 3.63) is 29.6 Å². The van der Waals surface area contributed by atoms with Crippen LogP contribution in [0, 0.1) is 11.7 Å². The van der Waals surface area contributed by atoms with E-state index in [9.17, 15) is 12.8 Å². The molecule has 7 heteroatoms. The molecule has 1 aromatic rings. The second-order valence-electron chi connectivity index (χ2n) is 4.99. The van der Waals surface area contributed by atoms with Crippen LogP contribution in [0.25, 0.3) is 0 Å². The average molecular weight is 332 g/mol. The summed E-state index contributed by atoms with van der Waals surface area (Å²) in [5, 5.41) is 0. The lowest BCUT2D eigenvalue weighted by atomic mass is 9.96. The summed E-state index contributed by atoms with van der Waals surface area (Å²) in [6.07, 6.45) is 1.75. The van der Waals surface area contributed by atoms with Gasteiger partial charge in [-0.2, -0.15) is 0 Å². The highest BCUT2D eigenvalue weighted by Crippen LogP contribution is 2.18. The Morgan fingerprint density at radius 2 is 1.95 bits per heavy atom. The maximum absolute atomic E-state index is 13.5. The Hall–Kier alpha value is -1.05. The molecule has 0 saturated heterocycles. The van der Waals surface area contributed by atoms with Crippen molar-refractivity contribution in [2.24, 2.45) is 11.7 Å². The number of benzene rings is 1. The van der Waals surface area contributed by atoms with E-state index in [-0.39, 0.29) is 27.4 Å². The molecule has 0 saturated carbocycles. The number of hydrogen-bond donors (Lipinski definition) is 2. The summed E-state index contributed by atoms with van der Waals surface area (Å²) in [4.78, 5) is -0.206. The molecule has 118 valence electrons. The van der Waals surface area contributed by atoms with Crippen LogP contribution in [0.5, 0.6) is 0 Å². The molecule has 0 aliphatic carbocycles. The van der Waals surface area contributed by atoms with Gasteiger partial charge in [-0.05, 0) is 31.0 Å². The van der Waals surface area contributed by atoms with Crippen LogP contribution in [-0.4, -0.2) is 19.4 Å². The lowest BCUT2D eigenvalue weighted by Crippen LogP contribution is -2.37. The third-order valence-electron chi connectivity index (χ3n) is 3.61. The Morgan fingerprint density at radius 1 is 1.38 bits per heavy atom.